The van der Waals surface area contributed by atoms with Crippen molar-refractivity contribution in [3.05, 3.63) is 40.2 Å². The molecule has 0 fully saturated rings. The lowest BCUT2D eigenvalue weighted by Gasteiger charge is -2.15. The van der Waals surface area contributed by atoms with Crippen molar-refractivity contribution in [2.24, 2.45) is 0 Å². The van der Waals surface area contributed by atoms with Gasteiger partial charge in [0, 0.05) is 5.56 Å². The van der Waals surface area contributed by atoms with E-state index in [0.29, 0.717) is 22.1 Å². The number of benzene rings is 1. The summed E-state index contributed by atoms with van der Waals surface area (Å²) in [5.41, 5.74) is 2.07. The molecule has 0 aliphatic heterocycles. The van der Waals surface area contributed by atoms with Crippen molar-refractivity contribution in [3.63, 3.8) is 0 Å². The molecule has 1 aromatic heterocycles. The van der Waals surface area contributed by atoms with Gasteiger partial charge in [0.15, 0.2) is 17.3 Å². The van der Waals surface area contributed by atoms with Crippen LogP contribution in [0.25, 0.3) is 0 Å². The SMILES string of the molecule is COc1cc(C(C)=O)ccc1OCC(O)Cn1nc(C)c(Cl)c1C. The topological polar surface area (TPSA) is 73.6 Å². The van der Waals surface area contributed by atoms with Gasteiger partial charge in [-0.3, -0.25) is 9.48 Å². The minimum Gasteiger partial charge on any atom is -0.493 e. The lowest BCUT2D eigenvalue weighted by molar-refractivity contribution is 0.0872. The first-order valence-electron chi connectivity index (χ1n) is 7.52. The Morgan fingerprint density at radius 1 is 1.38 bits per heavy atom. The molecule has 1 heterocycles. The number of aryl methyl sites for hydroxylation is 1. The van der Waals surface area contributed by atoms with Crippen molar-refractivity contribution in [1.29, 1.82) is 0 Å². The summed E-state index contributed by atoms with van der Waals surface area (Å²) < 4.78 is 12.5. The number of aromatic nitrogens is 2. The number of nitrogens with zero attached hydrogens (tertiary/aromatic N) is 2. The number of ketones is 1. The van der Waals surface area contributed by atoms with E-state index in [-0.39, 0.29) is 18.9 Å². The molecule has 1 unspecified atom stereocenters. The van der Waals surface area contributed by atoms with E-state index in [4.69, 9.17) is 21.1 Å². The number of ether oxygens (including phenoxy) is 2. The highest BCUT2D eigenvalue weighted by Gasteiger charge is 2.15. The Balaban J connectivity index is 2.02. The zero-order valence-corrected chi connectivity index (χ0v) is 14.9. The lowest BCUT2D eigenvalue weighted by atomic mass is 10.1. The number of aliphatic hydroxyl groups excluding tert-OH is 1. The summed E-state index contributed by atoms with van der Waals surface area (Å²) in [7, 11) is 1.50. The van der Waals surface area contributed by atoms with E-state index < -0.39 is 6.10 Å². The third-order valence-corrected chi connectivity index (χ3v) is 4.23. The molecular formula is C17H21ClN2O4. The van der Waals surface area contributed by atoms with E-state index in [1.54, 1.807) is 22.9 Å². The zero-order valence-electron chi connectivity index (χ0n) is 14.2. The first kappa shape index (κ1) is 18.3. The smallest absolute Gasteiger partial charge is 0.161 e. The monoisotopic (exact) mass is 352 g/mol. The fraction of sp³-hybridized carbons (Fsp3) is 0.412. The van der Waals surface area contributed by atoms with Crippen LogP contribution in [-0.4, -0.2) is 40.5 Å². The Kier molecular flexibility index (Phi) is 5.85. The molecule has 0 aliphatic carbocycles. The molecule has 0 spiro atoms. The number of methoxy groups -OCH3 is 1. The van der Waals surface area contributed by atoms with Gasteiger partial charge in [-0.05, 0) is 39.0 Å². The third-order valence-electron chi connectivity index (χ3n) is 3.68. The predicted molar refractivity (Wildman–Crippen MR) is 91.2 cm³/mol. The molecule has 1 atom stereocenters. The van der Waals surface area contributed by atoms with Gasteiger partial charge in [-0.25, -0.2) is 0 Å². The first-order valence-corrected chi connectivity index (χ1v) is 7.90. The molecular weight excluding hydrogens is 332 g/mol. The summed E-state index contributed by atoms with van der Waals surface area (Å²) >= 11 is 6.09. The largest absolute Gasteiger partial charge is 0.493 e. The van der Waals surface area contributed by atoms with E-state index in [1.165, 1.54) is 14.0 Å². The van der Waals surface area contributed by atoms with Crippen LogP contribution in [0.3, 0.4) is 0 Å². The molecule has 0 radical (unpaired) electrons. The van der Waals surface area contributed by atoms with E-state index in [1.807, 2.05) is 13.8 Å². The highest BCUT2D eigenvalue weighted by Crippen LogP contribution is 2.28. The zero-order chi connectivity index (χ0) is 17.9. The van der Waals surface area contributed by atoms with Crippen molar-refractivity contribution in [3.8, 4) is 11.5 Å². The summed E-state index contributed by atoms with van der Waals surface area (Å²) in [6.45, 7) is 5.48. The molecule has 0 amide bonds. The molecule has 0 saturated heterocycles. The predicted octanol–water partition coefficient (Wildman–Crippen LogP) is 2.80. The van der Waals surface area contributed by atoms with Crippen LogP contribution in [0.4, 0.5) is 0 Å². The Bertz CT molecular complexity index is 742. The van der Waals surface area contributed by atoms with Crippen molar-refractivity contribution >= 4 is 17.4 Å². The van der Waals surface area contributed by atoms with Crippen molar-refractivity contribution in [2.45, 2.75) is 33.4 Å². The Morgan fingerprint density at radius 2 is 2.08 bits per heavy atom. The van der Waals surface area contributed by atoms with E-state index in [2.05, 4.69) is 5.10 Å². The van der Waals surface area contributed by atoms with Gasteiger partial charge in [0.2, 0.25) is 0 Å². The van der Waals surface area contributed by atoms with Gasteiger partial charge in [-0.2, -0.15) is 5.10 Å². The van der Waals surface area contributed by atoms with Crippen LogP contribution in [0, 0.1) is 13.8 Å². The van der Waals surface area contributed by atoms with Gasteiger partial charge in [0.25, 0.3) is 0 Å². The summed E-state index contributed by atoms with van der Waals surface area (Å²) in [6, 6.07) is 4.93. The molecule has 6 nitrogen and oxygen atoms in total. The maximum Gasteiger partial charge on any atom is 0.161 e. The average Bonchev–Trinajstić information content (AvgIpc) is 2.79. The fourth-order valence-corrected chi connectivity index (χ4v) is 2.43. The van der Waals surface area contributed by atoms with Gasteiger partial charge < -0.3 is 14.6 Å². The van der Waals surface area contributed by atoms with E-state index in [0.717, 1.165) is 11.4 Å². The molecule has 0 saturated carbocycles. The second kappa shape index (κ2) is 7.68. The summed E-state index contributed by atoms with van der Waals surface area (Å²) in [5, 5.41) is 15.0. The minimum absolute atomic E-state index is 0.0544. The standard InChI is InChI=1S/C17H21ClN2O4/c1-10-17(18)11(2)20(19-10)8-14(22)9-24-15-6-5-13(12(3)21)7-16(15)23-4/h5-7,14,22H,8-9H2,1-4H3. The maximum atomic E-state index is 11.4. The number of halogens is 1. The van der Waals surface area contributed by atoms with Gasteiger partial charge in [0.1, 0.15) is 12.7 Å². The van der Waals surface area contributed by atoms with Crippen LogP contribution in [0.1, 0.15) is 28.7 Å². The Morgan fingerprint density at radius 3 is 2.62 bits per heavy atom. The number of aliphatic hydroxyl groups is 1. The number of hydrogen-bond donors (Lipinski definition) is 1. The summed E-state index contributed by atoms with van der Waals surface area (Å²) in [4.78, 5) is 11.4. The second-order valence-corrected chi connectivity index (χ2v) is 5.93. The van der Waals surface area contributed by atoms with Crippen LogP contribution in [0.5, 0.6) is 11.5 Å². The maximum absolute atomic E-state index is 11.4. The average molecular weight is 353 g/mol. The van der Waals surface area contributed by atoms with Crippen LogP contribution in [-0.2, 0) is 6.54 Å². The molecule has 24 heavy (non-hydrogen) atoms. The first-order chi connectivity index (χ1) is 11.3. The molecule has 2 aromatic rings. The van der Waals surface area contributed by atoms with Crippen LogP contribution < -0.4 is 9.47 Å². The number of rotatable bonds is 7. The Hall–Kier alpha value is -2.05. The second-order valence-electron chi connectivity index (χ2n) is 5.55. The third kappa shape index (κ3) is 4.07. The van der Waals surface area contributed by atoms with Crippen LogP contribution >= 0.6 is 11.6 Å². The van der Waals surface area contributed by atoms with Gasteiger partial charge >= 0.3 is 0 Å². The fourth-order valence-electron chi connectivity index (χ4n) is 2.30. The molecule has 0 aliphatic rings. The van der Waals surface area contributed by atoms with Gasteiger partial charge in [-0.15, -0.1) is 0 Å². The van der Waals surface area contributed by atoms with Gasteiger partial charge in [0.05, 0.1) is 30.1 Å². The van der Waals surface area contributed by atoms with E-state index >= 15 is 0 Å². The van der Waals surface area contributed by atoms with Crippen molar-refractivity contribution in [1.82, 2.24) is 9.78 Å². The molecule has 1 N–H and O–H groups in total. The molecule has 130 valence electrons. The molecule has 2 rings (SSSR count). The number of Topliss-reactive ketones (excluding diaryl/α,β-unsaturated/α-hetero) is 1. The highest BCUT2D eigenvalue weighted by atomic mass is 35.5. The summed E-state index contributed by atoms with van der Waals surface area (Å²) in [6.07, 6.45) is -0.767. The Labute approximate surface area is 146 Å². The van der Waals surface area contributed by atoms with E-state index in [9.17, 15) is 9.90 Å². The highest BCUT2D eigenvalue weighted by molar-refractivity contribution is 6.31. The van der Waals surface area contributed by atoms with Crippen molar-refractivity contribution in [2.75, 3.05) is 13.7 Å². The van der Waals surface area contributed by atoms with Gasteiger partial charge in [-0.1, -0.05) is 11.6 Å². The lowest BCUT2D eigenvalue weighted by Crippen LogP contribution is -2.25. The molecule has 7 heteroatoms. The summed E-state index contributed by atoms with van der Waals surface area (Å²) in [5.74, 6) is 0.860. The molecule has 1 aromatic carbocycles. The number of carbonyl (C=O) groups excluding carboxylic acids is 1. The number of carbonyl (C=O) groups is 1. The van der Waals surface area contributed by atoms with Crippen molar-refractivity contribution < 1.29 is 19.4 Å². The van der Waals surface area contributed by atoms with Crippen LogP contribution in [0.15, 0.2) is 18.2 Å². The quantitative estimate of drug-likeness (QED) is 0.776. The van der Waals surface area contributed by atoms with Crippen LogP contribution in [0.2, 0.25) is 5.02 Å². The number of hydrogen-bond acceptors (Lipinski definition) is 5. The normalized spacial score (nSPS) is 12.1. The minimum atomic E-state index is -0.767. The molecule has 0 bridgehead atoms.